The quantitative estimate of drug-likeness (QED) is 0.441. The molecule has 2 aromatic carbocycles. The second kappa shape index (κ2) is 7.72. The molecule has 0 fully saturated rings. The molecule has 5 aromatic rings. The number of nitrogens with zero attached hydrogens (tertiary/aromatic N) is 7. The third-order valence-corrected chi connectivity index (χ3v) is 4.65. The summed E-state index contributed by atoms with van der Waals surface area (Å²) in [6, 6.07) is 11.3. The summed E-state index contributed by atoms with van der Waals surface area (Å²) in [6.07, 6.45) is -1.32. The highest BCUT2D eigenvalue weighted by Crippen LogP contribution is 2.25. The van der Waals surface area contributed by atoms with Gasteiger partial charge in [-0.3, -0.25) is 4.98 Å². The van der Waals surface area contributed by atoms with E-state index >= 15 is 0 Å². The molecule has 0 bridgehead atoms. The molecule has 0 unspecified atom stereocenters. The minimum Gasteiger partial charge on any atom is -0.415 e. The van der Waals surface area contributed by atoms with Crippen LogP contribution in [0.5, 0.6) is 0 Å². The smallest absolute Gasteiger partial charge is 0.314 e. The number of halogens is 3. The van der Waals surface area contributed by atoms with Crippen molar-refractivity contribution in [3.05, 3.63) is 65.9 Å². The summed E-state index contributed by atoms with van der Waals surface area (Å²) in [7, 11) is 0. The molecule has 0 saturated heterocycles. The first-order chi connectivity index (χ1) is 15.5. The van der Waals surface area contributed by atoms with Crippen LogP contribution in [0.25, 0.3) is 33.7 Å². The van der Waals surface area contributed by atoms with Gasteiger partial charge in [0.2, 0.25) is 11.7 Å². The van der Waals surface area contributed by atoms with Crippen LogP contribution in [-0.4, -0.2) is 35.4 Å². The maximum atomic E-state index is 14.6. The summed E-state index contributed by atoms with van der Waals surface area (Å²) >= 11 is 0. The van der Waals surface area contributed by atoms with Crippen molar-refractivity contribution in [1.82, 2.24) is 35.4 Å². The lowest BCUT2D eigenvalue weighted by atomic mass is 10.1. The molecule has 0 aliphatic heterocycles. The Morgan fingerprint density at radius 2 is 1.84 bits per heavy atom. The molecule has 5 rings (SSSR count). The van der Waals surface area contributed by atoms with Gasteiger partial charge >= 0.3 is 6.43 Å². The number of alkyl halides is 2. The van der Waals surface area contributed by atoms with Gasteiger partial charge in [-0.25, -0.2) is 4.39 Å². The van der Waals surface area contributed by atoms with Gasteiger partial charge in [0, 0.05) is 22.1 Å². The molecule has 0 aliphatic carbocycles. The summed E-state index contributed by atoms with van der Waals surface area (Å²) in [5, 5.41) is 19.9. The second-order valence-corrected chi connectivity index (χ2v) is 6.87. The maximum absolute atomic E-state index is 14.6. The van der Waals surface area contributed by atoms with E-state index in [4.69, 9.17) is 10.2 Å². The zero-order valence-electron chi connectivity index (χ0n) is 16.2. The van der Waals surface area contributed by atoms with E-state index in [-0.39, 0.29) is 23.6 Å². The van der Waals surface area contributed by atoms with E-state index < -0.39 is 18.1 Å². The lowest BCUT2D eigenvalue weighted by Gasteiger charge is -2.03. The minimum absolute atomic E-state index is 0.00726. The van der Waals surface area contributed by atoms with Crippen molar-refractivity contribution >= 4 is 16.6 Å². The molecule has 3 heterocycles. The highest BCUT2D eigenvalue weighted by molar-refractivity contribution is 5.85. The van der Waals surface area contributed by atoms with Gasteiger partial charge in [0.25, 0.3) is 5.89 Å². The highest BCUT2D eigenvalue weighted by atomic mass is 19.3. The van der Waals surface area contributed by atoms with Crippen LogP contribution in [0.3, 0.4) is 0 Å². The first-order valence-corrected chi connectivity index (χ1v) is 9.30. The molecule has 0 spiro atoms. The summed E-state index contributed by atoms with van der Waals surface area (Å²) in [5.74, 6) is -1.27. The topological polar surface area (TPSA) is 121 Å². The third-order valence-electron chi connectivity index (χ3n) is 4.65. The van der Waals surface area contributed by atoms with Gasteiger partial charge in [0.15, 0.2) is 0 Å². The van der Waals surface area contributed by atoms with Crippen molar-refractivity contribution in [2.75, 3.05) is 5.73 Å². The Balaban J connectivity index is 1.37. The number of hydrogen-bond donors (Lipinski definition) is 1. The highest BCUT2D eigenvalue weighted by Gasteiger charge is 2.18. The molecule has 0 amide bonds. The Bertz CT molecular complexity index is 1430. The van der Waals surface area contributed by atoms with E-state index in [1.807, 2.05) is 12.1 Å². The predicted molar refractivity (Wildman–Crippen MR) is 107 cm³/mol. The number of fused-ring (bicyclic) bond motifs is 1. The Labute approximate surface area is 177 Å². The standard InChI is InChI=1S/C20H13F3N8O/c21-15-7-11(19-27-28-20(32-19)17(22)23)1-2-12(15)9-31-29-18(26-30-31)10-3-4-16-13(5-10)6-14(24)8-25-16/h1-8,17H,9,24H2. The lowest BCUT2D eigenvalue weighted by molar-refractivity contribution is 0.116. The van der Waals surface area contributed by atoms with Crippen molar-refractivity contribution in [2.45, 2.75) is 13.0 Å². The van der Waals surface area contributed by atoms with Crippen molar-refractivity contribution in [2.24, 2.45) is 0 Å². The number of pyridine rings is 1. The van der Waals surface area contributed by atoms with E-state index in [2.05, 4.69) is 30.6 Å². The second-order valence-electron chi connectivity index (χ2n) is 6.87. The van der Waals surface area contributed by atoms with E-state index in [0.717, 1.165) is 17.0 Å². The lowest BCUT2D eigenvalue weighted by Crippen LogP contribution is -2.06. The number of tetrazole rings is 1. The molecule has 12 heteroatoms. The van der Waals surface area contributed by atoms with Gasteiger partial charge < -0.3 is 10.2 Å². The van der Waals surface area contributed by atoms with Crippen molar-refractivity contribution in [3.8, 4) is 22.8 Å². The molecule has 160 valence electrons. The van der Waals surface area contributed by atoms with Crippen molar-refractivity contribution in [3.63, 3.8) is 0 Å². The number of nitrogens with two attached hydrogens (primary N) is 1. The summed E-state index contributed by atoms with van der Waals surface area (Å²) in [5.41, 5.74) is 8.26. The Morgan fingerprint density at radius 1 is 1.00 bits per heavy atom. The van der Waals surface area contributed by atoms with E-state index in [0.29, 0.717) is 17.1 Å². The molecule has 32 heavy (non-hydrogen) atoms. The van der Waals surface area contributed by atoms with Gasteiger partial charge in [0.05, 0.1) is 23.9 Å². The average molecular weight is 438 g/mol. The third kappa shape index (κ3) is 3.73. The number of hydrogen-bond acceptors (Lipinski definition) is 8. The molecule has 3 aromatic heterocycles. The predicted octanol–water partition coefficient (Wildman–Crippen LogP) is 3.65. The van der Waals surface area contributed by atoms with Crippen LogP contribution in [0.1, 0.15) is 17.9 Å². The van der Waals surface area contributed by atoms with Crippen LogP contribution in [0.4, 0.5) is 18.9 Å². The molecular weight excluding hydrogens is 425 g/mol. The van der Waals surface area contributed by atoms with Gasteiger partial charge in [-0.1, -0.05) is 6.07 Å². The summed E-state index contributed by atoms with van der Waals surface area (Å²) in [6.45, 7) is 0.00726. The Morgan fingerprint density at radius 3 is 2.62 bits per heavy atom. The zero-order valence-corrected chi connectivity index (χ0v) is 16.2. The number of benzene rings is 2. The Hall–Kier alpha value is -4.35. The molecule has 0 saturated carbocycles. The minimum atomic E-state index is -2.90. The van der Waals surface area contributed by atoms with Crippen LogP contribution in [0.2, 0.25) is 0 Å². The molecule has 2 N–H and O–H groups in total. The van der Waals surface area contributed by atoms with Crippen LogP contribution in [0.15, 0.2) is 53.1 Å². The number of anilines is 1. The molecule has 9 nitrogen and oxygen atoms in total. The fraction of sp³-hybridized carbons (Fsp3) is 0.100. The normalized spacial score (nSPS) is 11.5. The van der Waals surface area contributed by atoms with Gasteiger partial charge in [-0.15, -0.1) is 20.4 Å². The van der Waals surface area contributed by atoms with Crippen LogP contribution >= 0.6 is 0 Å². The first kappa shape index (κ1) is 19.6. The van der Waals surface area contributed by atoms with E-state index in [1.165, 1.54) is 16.9 Å². The average Bonchev–Trinajstić information content (AvgIpc) is 3.45. The van der Waals surface area contributed by atoms with Crippen molar-refractivity contribution < 1.29 is 17.6 Å². The maximum Gasteiger partial charge on any atom is 0.314 e. The van der Waals surface area contributed by atoms with Crippen molar-refractivity contribution in [1.29, 1.82) is 0 Å². The van der Waals surface area contributed by atoms with Gasteiger partial charge in [-0.05, 0) is 41.6 Å². The van der Waals surface area contributed by atoms with Crippen LogP contribution in [-0.2, 0) is 6.54 Å². The molecule has 0 aliphatic rings. The van der Waals surface area contributed by atoms with Gasteiger partial charge in [-0.2, -0.15) is 13.6 Å². The SMILES string of the molecule is Nc1cnc2ccc(-c3nnn(Cc4ccc(-c5nnc(C(F)F)o5)cc4F)n3)cc2c1. The van der Waals surface area contributed by atoms with Gasteiger partial charge in [0.1, 0.15) is 5.82 Å². The number of aromatic nitrogens is 7. The Kier molecular flexibility index (Phi) is 4.73. The molecule has 0 atom stereocenters. The summed E-state index contributed by atoms with van der Waals surface area (Å²) in [4.78, 5) is 5.49. The fourth-order valence-electron chi connectivity index (χ4n) is 3.11. The van der Waals surface area contributed by atoms with Crippen LogP contribution in [0, 0.1) is 5.82 Å². The fourth-order valence-corrected chi connectivity index (χ4v) is 3.11. The monoisotopic (exact) mass is 438 g/mol. The first-order valence-electron chi connectivity index (χ1n) is 9.30. The number of rotatable bonds is 5. The molecule has 0 radical (unpaired) electrons. The number of nitrogen functional groups attached to an aromatic ring is 1. The zero-order chi connectivity index (χ0) is 22.2. The van der Waals surface area contributed by atoms with Crippen LogP contribution < -0.4 is 5.73 Å². The van der Waals surface area contributed by atoms with E-state index in [9.17, 15) is 13.2 Å². The van der Waals surface area contributed by atoms with E-state index in [1.54, 1.807) is 18.3 Å². The summed E-state index contributed by atoms with van der Waals surface area (Å²) < 4.78 is 44.6. The largest absolute Gasteiger partial charge is 0.415 e. The molecular formula is C20H13F3N8O.